The Bertz CT molecular complexity index is 1050. The second kappa shape index (κ2) is 16.9. The minimum Gasteiger partial charge on any atom is -0.472 e. The van der Waals surface area contributed by atoms with E-state index >= 15 is 0 Å². The van der Waals surface area contributed by atoms with Crippen LogP contribution in [0, 0.1) is 24.0 Å². The Morgan fingerprint density at radius 3 is 2.44 bits per heavy atom. The fourth-order valence-electron chi connectivity index (χ4n) is 3.81. The zero-order valence-electron chi connectivity index (χ0n) is 22.6. The number of ether oxygens (including phenoxy) is 2. The van der Waals surface area contributed by atoms with Gasteiger partial charge < -0.3 is 14.0 Å². The van der Waals surface area contributed by atoms with E-state index in [4.69, 9.17) is 21.1 Å². The summed E-state index contributed by atoms with van der Waals surface area (Å²) in [5.74, 6) is 0.0106. The van der Waals surface area contributed by atoms with E-state index in [1.807, 2.05) is 52.5 Å². The average Bonchev–Trinajstić information content (AvgIpc) is 3.43. The Morgan fingerprint density at radius 2 is 1.86 bits per heavy atom. The van der Waals surface area contributed by atoms with Crippen molar-refractivity contribution in [3.8, 4) is 5.88 Å². The highest BCUT2D eigenvalue weighted by Gasteiger charge is 2.22. The smallest absolute Gasteiger partial charge is 0.352 e. The Morgan fingerprint density at radius 1 is 1.19 bits per heavy atom. The monoisotopic (exact) mass is 524 g/mol. The fourth-order valence-corrected chi connectivity index (χ4v) is 3.93. The summed E-state index contributed by atoms with van der Waals surface area (Å²) >= 11 is 5.85. The van der Waals surface area contributed by atoms with Crippen LogP contribution < -0.4 is 4.74 Å². The van der Waals surface area contributed by atoms with Crippen molar-refractivity contribution in [1.82, 2.24) is 24.7 Å². The summed E-state index contributed by atoms with van der Waals surface area (Å²) in [5, 5.41) is 18.5. The summed E-state index contributed by atoms with van der Waals surface area (Å²) in [5.41, 5.74) is 2.06. The number of rotatable bonds is 7. The van der Waals surface area contributed by atoms with Crippen LogP contribution in [0.15, 0.2) is 12.4 Å². The van der Waals surface area contributed by atoms with Gasteiger partial charge in [0.1, 0.15) is 11.3 Å². The Balaban J connectivity index is 0.000000452. The van der Waals surface area contributed by atoms with E-state index in [1.54, 1.807) is 13.1 Å². The van der Waals surface area contributed by atoms with Crippen LogP contribution in [-0.2, 0) is 11.3 Å². The van der Waals surface area contributed by atoms with Gasteiger partial charge in [-0.05, 0) is 50.3 Å². The molecule has 0 unspecified atom stereocenters. The molecule has 3 aromatic rings. The van der Waals surface area contributed by atoms with Gasteiger partial charge in [-0.25, -0.2) is 4.98 Å². The van der Waals surface area contributed by atoms with E-state index < -0.39 is 4.92 Å². The molecule has 36 heavy (non-hydrogen) atoms. The molecule has 1 fully saturated rings. The molecule has 1 aliphatic carbocycles. The minimum atomic E-state index is -0.504. The lowest BCUT2D eigenvalue weighted by atomic mass is 9.98. The Kier molecular flexibility index (Phi) is 14.7. The van der Waals surface area contributed by atoms with Crippen molar-refractivity contribution in [1.29, 1.82) is 0 Å². The molecular weight excluding hydrogens is 484 g/mol. The molecule has 3 heterocycles. The van der Waals surface area contributed by atoms with Gasteiger partial charge in [-0.3, -0.25) is 15.2 Å². The van der Waals surface area contributed by atoms with Crippen molar-refractivity contribution in [2.75, 3.05) is 13.7 Å². The van der Waals surface area contributed by atoms with E-state index in [0.29, 0.717) is 31.4 Å². The first-order chi connectivity index (χ1) is 17.4. The van der Waals surface area contributed by atoms with Crippen molar-refractivity contribution in [3.05, 3.63) is 39.0 Å². The third kappa shape index (κ3) is 9.05. The molecule has 1 N–H and O–H groups in total. The highest BCUT2D eigenvalue weighted by atomic mass is 35.5. The minimum absolute atomic E-state index is 0.0106. The van der Waals surface area contributed by atoms with Crippen LogP contribution in [0.2, 0.25) is 5.28 Å². The van der Waals surface area contributed by atoms with Crippen LogP contribution in [0.4, 0.5) is 5.69 Å². The number of H-pyrrole nitrogens is 1. The first kappa shape index (κ1) is 31.3. The van der Waals surface area contributed by atoms with Crippen molar-refractivity contribution in [2.24, 2.45) is 0 Å². The Labute approximate surface area is 218 Å². The van der Waals surface area contributed by atoms with Gasteiger partial charge in [0.05, 0.1) is 17.6 Å². The van der Waals surface area contributed by atoms with Crippen LogP contribution in [0.1, 0.15) is 77.5 Å². The molecule has 0 atom stereocenters. The second-order valence-corrected chi connectivity index (χ2v) is 8.18. The average molecular weight is 525 g/mol. The maximum absolute atomic E-state index is 11.0. The van der Waals surface area contributed by atoms with Crippen molar-refractivity contribution >= 4 is 28.3 Å². The number of halogens is 1. The summed E-state index contributed by atoms with van der Waals surface area (Å²) in [7, 11) is 1.82. The van der Waals surface area contributed by atoms with Crippen molar-refractivity contribution < 1.29 is 14.4 Å². The number of aromatic nitrogens is 5. The summed E-state index contributed by atoms with van der Waals surface area (Å²) in [6.07, 6.45) is 11.6. The van der Waals surface area contributed by atoms with Crippen LogP contribution >= 0.6 is 11.6 Å². The molecule has 0 amide bonds. The maximum atomic E-state index is 11.0. The lowest BCUT2D eigenvalue weighted by Crippen LogP contribution is -2.13. The lowest BCUT2D eigenvalue weighted by molar-refractivity contribution is -0.386. The van der Waals surface area contributed by atoms with Crippen molar-refractivity contribution in [3.63, 3.8) is 0 Å². The molecule has 202 valence electrons. The Hall–Kier alpha value is -2.72. The molecule has 1 aliphatic rings. The van der Waals surface area contributed by atoms with Gasteiger partial charge in [-0.1, -0.05) is 47.0 Å². The number of aromatic amines is 1. The van der Waals surface area contributed by atoms with Crippen LogP contribution in [0.5, 0.6) is 5.88 Å². The first-order valence-corrected chi connectivity index (χ1v) is 13.1. The normalized spacial score (nSPS) is 13.0. The largest absolute Gasteiger partial charge is 0.472 e. The number of nitro groups is 1. The summed E-state index contributed by atoms with van der Waals surface area (Å²) in [6.45, 7) is 12.5. The fraction of sp³-hybridized carbons (Fsp3) is 0.640. The van der Waals surface area contributed by atoms with Crippen LogP contribution in [0.3, 0.4) is 0 Å². The number of methoxy groups -OCH3 is 1. The molecule has 0 aromatic carbocycles. The van der Waals surface area contributed by atoms with E-state index in [2.05, 4.69) is 20.2 Å². The molecule has 0 saturated heterocycles. The van der Waals surface area contributed by atoms with E-state index in [0.717, 1.165) is 16.6 Å². The zero-order chi connectivity index (χ0) is 27.1. The molecule has 11 heteroatoms. The lowest BCUT2D eigenvalue weighted by Gasteiger charge is -2.19. The van der Waals surface area contributed by atoms with Gasteiger partial charge in [0.25, 0.3) is 0 Å². The zero-order valence-corrected chi connectivity index (χ0v) is 23.4. The topological polar surface area (TPSA) is 121 Å². The van der Waals surface area contributed by atoms with Gasteiger partial charge in [0.2, 0.25) is 5.28 Å². The number of nitrogens with one attached hydrogen (secondary N) is 1. The molecule has 0 radical (unpaired) electrons. The summed E-state index contributed by atoms with van der Waals surface area (Å²) in [4.78, 5) is 18.7. The molecule has 0 aliphatic heterocycles. The van der Waals surface area contributed by atoms with Gasteiger partial charge in [-0.2, -0.15) is 4.98 Å². The molecule has 0 spiro atoms. The third-order valence-corrected chi connectivity index (χ3v) is 5.70. The van der Waals surface area contributed by atoms with Crippen LogP contribution in [0.25, 0.3) is 11.0 Å². The second-order valence-electron chi connectivity index (χ2n) is 7.84. The summed E-state index contributed by atoms with van der Waals surface area (Å²) < 4.78 is 12.6. The molecule has 4 rings (SSSR count). The number of fused-ring (bicyclic) bond motifs is 1. The molecule has 1 saturated carbocycles. The van der Waals surface area contributed by atoms with Gasteiger partial charge >= 0.3 is 11.6 Å². The highest BCUT2D eigenvalue weighted by Crippen LogP contribution is 2.27. The first-order valence-electron chi connectivity index (χ1n) is 12.7. The van der Waals surface area contributed by atoms with Gasteiger partial charge in [-0.15, -0.1) is 5.10 Å². The molecule has 3 aromatic heterocycles. The SMILES string of the molecule is CC.CC.COC1CCCCC1.Cc1[nH]nc(OCCCn2cc(C)c3cnc(Cl)nc32)c1[N+](=O)[O-]. The predicted octanol–water partition coefficient (Wildman–Crippen LogP) is 6.82. The molecule has 0 bridgehead atoms. The predicted molar refractivity (Wildman–Crippen MR) is 144 cm³/mol. The van der Waals surface area contributed by atoms with Gasteiger partial charge in [0.15, 0.2) is 0 Å². The summed E-state index contributed by atoms with van der Waals surface area (Å²) in [6, 6.07) is 0. The van der Waals surface area contributed by atoms with Crippen molar-refractivity contribution in [2.45, 2.75) is 92.7 Å². The number of nitrogens with zero attached hydrogens (tertiary/aromatic N) is 5. The standard InChI is InChI=1S/C14H15ClN6O3.C7H14O.2C2H6/c1-8-7-20(12-10(8)6-16-14(15)17-12)4-3-5-24-13-11(21(22)23)9(2)18-19-13;1-8-7-5-3-2-4-6-7;2*1-2/h6-7H,3-5H2,1-2H3,(H,18,19);7H,2-6H2,1H3;2*1-2H3. The van der Waals surface area contributed by atoms with E-state index in [9.17, 15) is 10.1 Å². The van der Waals surface area contributed by atoms with E-state index in [-0.39, 0.29) is 16.9 Å². The third-order valence-electron chi connectivity index (χ3n) is 5.52. The highest BCUT2D eigenvalue weighted by molar-refractivity contribution is 6.28. The van der Waals surface area contributed by atoms with Crippen LogP contribution in [-0.4, -0.2) is 49.5 Å². The molecular formula is C25H41ClN6O4. The number of hydrogen-bond acceptors (Lipinski definition) is 7. The quantitative estimate of drug-likeness (QED) is 0.156. The maximum Gasteiger partial charge on any atom is 0.352 e. The number of hydrogen-bond donors (Lipinski definition) is 1. The van der Waals surface area contributed by atoms with E-state index in [1.165, 1.54) is 32.1 Å². The number of aryl methyl sites for hydroxylation is 3. The van der Waals surface area contributed by atoms with Gasteiger partial charge in [0, 0.05) is 31.4 Å². The molecule has 10 nitrogen and oxygen atoms in total.